The van der Waals surface area contributed by atoms with E-state index in [0.29, 0.717) is 47.0 Å². The van der Waals surface area contributed by atoms with Crippen LogP contribution in [-0.2, 0) is 4.74 Å². The molecule has 0 spiro atoms. The number of rotatable bonds is 6. The number of nitrogens with zero attached hydrogens (tertiary/aromatic N) is 1. The number of ether oxygens (including phenoxy) is 1. The van der Waals surface area contributed by atoms with Crippen molar-refractivity contribution < 1.29 is 19.7 Å². The molecule has 0 radical (unpaired) electrons. The highest BCUT2D eigenvalue weighted by molar-refractivity contribution is 5.93. The SMILES string of the molecule is CC[C@H]1[C@@H](O)[C@@H]2[C@H](CC[C@]3(C)[C@@H]([C@H](C)C/C=C/c4cnccc4C(=O)OC)CC[C@@H]23)[C@@]2(C)CC[C@@H](O)C[C@@H]12. The lowest BCUT2D eigenvalue weighted by molar-refractivity contribution is -0.203. The molecule has 5 rings (SSSR count). The zero-order valence-corrected chi connectivity index (χ0v) is 24.1. The Hall–Kier alpha value is -1.72. The fourth-order valence-corrected chi connectivity index (χ4v) is 10.3. The van der Waals surface area contributed by atoms with Crippen molar-refractivity contribution in [2.45, 2.75) is 97.7 Å². The van der Waals surface area contributed by atoms with E-state index < -0.39 is 0 Å². The highest BCUT2D eigenvalue weighted by Gasteiger charge is 2.64. The number of esters is 1. The number of aromatic nitrogens is 1. The number of fused-ring (bicyclic) bond motifs is 5. The molecule has 2 N–H and O–H groups in total. The number of aliphatic hydroxyl groups is 2. The van der Waals surface area contributed by atoms with Gasteiger partial charge in [-0.15, -0.1) is 0 Å². The summed E-state index contributed by atoms with van der Waals surface area (Å²) in [4.78, 5) is 16.3. The molecule has 11 atom stereocenters. The maximum atomic E-state index is 12.1. The zero-order chi connectivity index (χ0) is 27.2. The number of hydrogen-bond donors (Lipinski definition) is 2. The molecular weight excluding hydrogens is 474 g/mol. The van der Waals surface area contributed by atoms with Gasteiger partial charge in [0.05, 0.1) is 24.9 Å². The number of carbonyl (C=O) groups is 1. The quantitative estimate of drug-likeness (QED) is 0.414. The largest absolute Gasteiger partial charge is 0.465 e. The van der Waals surface area contributed by atoms with Gasteiger partial charge in [-0.2, -0.15) is 0 Å². The Morgan fingerprint density at radius 1 is 1.13 bits per heavy atom. The van der Waals surface area contributed by atoms with E-state index in [4.69, 9.17) is 4.74 Å². The van der Waals surface area contributed by atoms with Crippen LogP contribution in [0.15, 0.2) is 24.5 Å². The first-order chi connectivity index (χ1) is 18.2. The molecule has 0 bridgehead atoms. The first kappa shape index (κ1) is 27.8. The monoisotopic (exact) mass is 523 g/mol. The Balaban J connectivity index is 1.33. The third kappa shape index (κ3) is 4.46. The lowest BCUT2D eigenvalue weighted by Crippen LogP contribution is -2.62. The maximum Gasteiger partial charge on any atom is 0.338 e. The number of methoxy groups -OCH3 is 1. The predicted molar refractivity (Wildman–Crippen MR) is 150 cm³/mol. The minimum absolute atomic E-state index is 0.195. The maximum absolute atomic E-state index is 12.1. The average Bonchev–Trinajstić information content (AvgIpc) is 3.27. The normalized spacial score (nSPS) is 43.2. The molecule has 0 saturated heterocycles. The van der Waals surface area contributed by atoms with Gasteiger partial charge in [-0.05, 0) is 110 Å². The van der Waals surface area contributed by atoms with E-state index in [2.05, 4.69) is 38.8 Å². The summed E-state index contributed by atoms with van der Waals surface area (Å²) in [5.74, 6) is 3.14. The molecule has 1 aromatic heterocycles. The van der Waals surface area contributed by atoms with E-state index >= 15 is 0 Å². The topological polar surface area (TPSA) is 79.7 Å². The van der Waals surface area contributed by atoms with Crippen molar-refractivity contribution in [2.24, 2.45) is 52.3 Å². The van der Waals surface area contributed by atoms with Gasteiger partial charge in [0.2, 0.25) is 0 Å². The summed E-state index contributed by atoms with van der Waals surface area (Å²) < 4.78 is 4.94. The fourth-order valence-electron chi connectivity index (χ4n) is 10.3. The minimum Gasteiger partial charge on any atom is -0.465 e. The van der Waals surface area contributed by atoms with E-state index in [-0.39, 0.29) is 29.0 Å². The van der Waals surface area contributed by atoms with Gasteiger partial charge >= 0.3 is 5.97 Å². The molecule has 0 amide bonds. The molecule has 1 heterocycles. The Bertz CT molecular complexity index is 1040. The summed E-state index contributed by atoms with van der Waals surface area (Å²) >= 11 is 0. The van der Waals surface area contributed by atoms with Crippen molar-refractivity contribution in [3.8, 4) is 0 Å². The summed E-state index contributed by atoms with van der Waals surface area (Å²) in [6.45, 7) is 9.69. The van der Waals surface area contributed by atoms with E-state index in [1.165, 1.54) is 32.8 Å². The number of carbonyl (C=O) groups excluding carboxylic acids is 1. The van der Waals surface area contributed by atoms with Gasteiger partial charge in [-0.1, -0.05) is 46.3 Å². The molecular formula is C33H49NO4. The van der Waals surface area contributed by atoms with Crippen molar-refractivity contribution >= 4 is 12.0 Å². The molecule has 0 unspecified atom stereocenters. The molecule has 4 aliphatic rings. The van der Waals surface area contributed by atoms with Crippen molar-refractivity contribution in [1.29, 1.82) is 0 Å². The van der Waals surface area contributed by atoms with E-state index in [0.717, 1.165) is 37.7 Å². The van der Waals surface area contributed by atoms with Gasteiger partial charge in [0.25, 0.3) is 0 Å². The van der Waals surface area contributed by atoms with Crippen LogP contribution in [-0.4, -0.2) is 40.5 Å². The second kappa shape index (κ2) is 10.7. The Kier molecular flexibility index (Phi) is 7.83. The van der Waals surface area contributed by atoms with Gasteiger partial charge in [-0.25, -0.2) is 4.79 Å². The van der Waals surface area contributed by atoms with Gasteiger partial charge in [0.1, 0.15) is 0 Å². The summed E-state index contributed by atoms with van der Waals surface area (Å²) in [7, 11) is 1.41. The van der Waals surface area contributed by atoms with Crippen LogP contribution in [0.2, 0.25) is 0 Å². The van der Waals surface area contributed by atoms with Crippen LogP contribution in [0, 0.1) is 52.3 Å². The Labute approximate surface area is 229 Å². The average molecular weight is 524 g/mol. The minimum atomic E-state index is -0.331. The highest BCUT2D eigenvalue weighted by Crippen LogP contribution is 2.69. The second-order valence-electron chi connectivity index (χ2n) is 13.7. The van der Waals surface area contributed by atoms with Gasteiger partial charge in [-0.3, -0.25) is 4.98 Å². The molecule has 38 heavy (non-hydrogen) atoms. The smallest absolute Gasteiger partial charge is 0.338 e. The number of aliphatic hydroxyl groups excluding tert-OH is 2. The van der Waals surface area contributed by atoms with Crippen LogP contribution in [0.1, 0.15) is 101 Å². The Morgan fingerprint density at radius 3 is 2.61 bits per heavy atom. The number of allylic oxidation sites excluding steroid dienone is 1. The molecule has 0 aromatic carbocycles. The lowest BCUT2D eigenvalue weighted by Gasteiger charge is -2.64. The first-order valence-electron chi connectivity index (χ1n) is 15.2. The van der Waals surface area contributed by atoms with Crippen molar-refractivity contribution in [1.82, 2.24) is 4.98 Å². The highest BCUT2D eigenvalue weighted by atomic mass is 16.5. The van der Waals surface area contributed by atoms with Gasteiger partial charge < -0.3 is 14.9 Å². The standard InChI is InChI=1S/C33H49NO4/c1-6-23-28-18-22(35)12-15-33(28,4)27-13-16-32(3)25(10-11-26(32)29(27)30(23)36)20(2)8-7-9-21-19-34-17-14-24(21)31(37)38-5/h7,9,14,17,19-20,22-23,25-30,35-36H,6,8,10-13,15-16,18H2,1-5H3/b9-7+/t20-,22-,23-,25-,26+,27+,28+,29+,30-,32-,33-/m1/s1. The summed E-state index contributed by atoms with van der Waals surface area (Å²) in [5.41, 5.74) is 1.87. The van der Waals surface area contributed by atoms with Crippen LogP contribution in [0.25, 0.3) is 6.08 Å². The molecule has 4 saturated carbocycles. The summed E-state index contributed by atoms with van der Waals surface area (Å²) in [5, 5.41) is 22.4. The second-order valence-corrected chi connectivity index (χ2v) is 13.7. The third-order valence-corrected chi connectivity index (χ3v) is 12.2. The summed E-state index contributed by atoms with van der Waals surface area (Å²) in [6, 6.07) is 1.72. The van der Waals surface area contributed by atoms with E-state index in [1.807, 2.05) is 6.08 Å². The molecule has 210 valence electrons. The van der Waals surface area contributed by atoms with Crippen LogP contribution < -0.4 is 0 Å². The molecule has 4 aliphatic carbocycles. The predicted octanol–water partition coefficient (Wildman–Crippen LogP) is 6.53. The van der Waals surface area contributed by atoms with Crippen molar-refractivity contribution in [2.75, 3.05) is 7.11 Å². The fraction of sp³-hybridized carbons (Fsp3) is 0.758. The van der Waals surface area contributed by atoms with Crippen LogP contribution >= 0.6 is 0 Å². The van der Waals surface area contributed by atoms with Crippen molar-refractivity contribution in [3.05, 3.63) is 35.7 Å². The molecule has 0 aliphatic heterocycles. The summed E-state index contributed by atoms with van der Waals surface area (Å²) in [6.07, 6.45) is 17.0. The lowest BCUT2D eigenvalue weighted by atomic mass is 9.41. The first-order valence-corrected chi connectivity index (χ1v) is 15.2. The Morgan fingerprint density at radius 2 is 1.87 bits per heavy atom. The number of pyridine rings is 1. The zero-order valence-electron chi connectivity index (χ0n) is 24.1. The van der Waals surface area contributed by atoms with Crippen LogP contribution in [0.5, 0.6) is 0 Å². The van der Waals surface area contributed by atoms with Gasteiger partial charge in [0, 0.05) is 18.0 Å². The van der Waals surface area contributed by atoms with Crippen molar-refractivity contribution in [3.63, 3.8) is 0 Å². The third-order valence-electron chi connectivity index (χ3n) is 12.2. The molecule has 1 aromatic rings. The molecule has 4 fully saturated rings. The molecule has 5 nitrogen and oxygen atoms in total. The number of hydrogen-bond acceptors (Lipinski definition) is 5. The van der Waals surface area contributed by atoms with Crippen LogP contribution in [0.3, 0.4) is 0 Å². The van der Waals surface area contributed by atoms with Crippen LogP contribution in [0.4, 0.5) is 0 Å². The van der Waals surface area contributed by atoms with E-state index in [1.54, 1.807) is 18.5 Å². The van der Waals surface area contributed by atoms with E-state index in [9.17, 15) is 15.0 Å². The molecule has 5 heteroatoms. The van der Waals surface area contributed by atoms with Gasteiger partial charge in [0.15, 0.2) is 0 Å².